The molecule has 7 nitrogen and oxygen atoms in total. The molecular weight excluding hydrogens is 398 g/mol. The summed E-state index contributed by atoms with van der Waals surface area (Å²) in [5, 5.41) is 25.3. The Morgan fingerprint density at radius 2 is 2.04 bits per heavy atom. The van der Waals surface area contributed by atoms with Crippen molar-refractivity contribution in [3.8, 4) is 0 Å². The number of hydrogen-bond donors (Lipinski definition) is 0. The van der Waals surface area contributed by atoms with Gasteiger partial charge in [0.25, 0.3) is 5.69 Å². The van der Waals surface area contributed by atoms with Crippen molar-refractivity contribution in [3.63, 3.8) is 0 Å². The van der Waals surface area contributed by atoms with Crippen molar-refractivity contribution in [2.75, 3.05) is 0 Å². The molecule has 1 aromatic heterocycles. The highest BCUT2D eigenvalue weighted by Gasteiger charge is 2.12. The summed E-state index contributed by atoms with van der Waals surface area (Å²) in [4.78, 5) is 10.5. The summed E-state index contributed by atoms with van der Waals surface area (Å²) in [6, 6.07) is 14.0. The van der Waals surface area contributed by atoms with Crippen LogP contribution in [-0.2, 0) is 12.2 Å². The zero-order valence-electron chi connectivity index (χ0n) is 15.2. The van der Waals surface area contributed by atoms with Gasteiger partial charge in [0.1, 0.15) is 0 Å². The molecule has 0 amide bonds. The van der Waals surface area contributed by atoms with Gasteiger partial charge in [0.05, 0.1) is 11.1 Å². The van der Waals surface area contributed by atoms with Crippen LogP contribution in [-0.4, -0.2) is 26.0 Å². The molecule has 3 rings (SSSR count). The molecule has 0 fully saturated rings. The topological polar surface area (TPSA) is 86.2 Å². The lowest BCUT2D eigenvalue weighted by Crippen LogP contribution is -2.00. The van der Waals surface area contributed by atoms with Gasteiger partial charge in [-0.15, -0.1) is 10.2 Å². The summed E-state index contributed by atoms with van der Waals surface area (Å²) in [5.41, 5.74) is 1.78. The summed E-state index contributed by atoms with van der Waals surface area (Å²) < 4.78 is 1.70. The van der Waals surface area contributed by atoms with Gasteiger partial charge in [-0.2, -0.15) is 9.78 Å². The highest BCUT2D eigenvalue weighted by molar-refractivity contribution is 7.98. The molecule has 2 aromatic carbocycles. The average molecular weight is 416 g/mol. The summed E-state index contributed by atoms with van der Waals surface area (Å²) >= 11 is 7.45. The van der Waals surface area contributed by atoms with E-state index in [0.29, 0.717) is 21.5 Å². The van der Waals surface area contributed by atoms with Crippen LogP contribution >= 0.6 is 23.4 Å². The van der Waals surface area contributed by atoms with Crippen molar-refractivity contribution in [2.45, 2.75) is 30.7 Å². The Labute approximate surface area is 171 Å². The smallest absolute Gasteiger partial charge is 0.258 e. The lowest BCUT2D eigenvalue weighted by Gasteiger charge is -2.04. The van der Waals surface area contributed by atoms with E-state index < -0.39 is 4.92 Å². The minimum Gasteiger partial charge on any atom is -0.258 e. The molecule has 0 atom stereocenters. The number of non-ortho nitro benzene ring substituents is 1. The Kier molecular flexibility index (Phi) is 6.78. The van der Waals surface area contributed by atoms with E-state index in [-0.39, 0.29) is 5.69 Å². The molecule has 28 heavy (non-hydrogen) atoms. The van der Waals surface area contributed by atoms with Gasteiger partial charge >= 0.3 is 0 Å². The number of nitrogens with zero attached hydrogens (tertiary/aromatic N) is 5. The predicted octanol–water partition coefficient (Wildman–Crippen LogP) is 4.97. The second-order valence-corrected chi connectivity index (χ2v) is 7.35. The van der Waals surface area contributed by atoms with Gasteiger partial charge in [-0.25, -0.2) is 0 Å². The van der Waals surface area contributed by atoms with Gasteiger partial charge in [-0.1, -0.05) is 54.6 Å². The first-order valence-corrected chi connectivity index (χ1v) is 10.0. The summed E-state index contributed by atoms with van der Waals surface area (Å²) in [5.74, 6) is 1.45. The quantitative estimate of drug-likeness (QED) is 0.224. The van der Waals surface area contributed by atoms with Crippen LogP contribution < -0.4 is 0 Å². The van der Waals surface area contributed by atoms with Crippen LogP contribution in [0, 0.1) is 10.1 Å². The molecular formula is C19H18ClN5O2S. The largest absolute Gasteiger partial charge is 0.270 e. The van der Waals surface area contributed by atoms with Crippen LogP contribution in [0.15, 0.2) is 58.8 Å². The second kappa shape index (κ2) is 9.48. The number of halogens is 1. The van der Waals surface area contributed by atoms with Gasteiger partial charge in [0.2, 0.25) is 5.16 Å². The maximum Gasteiger partial charge on any atom is 0.270 e. The van der Waals surface area contributed by atoms with E-state index in [1.807, 2.05) is 24.3 Å². The van der Waals surface area contributed by atoms with E-state index >= 15 is 0 Å². The molecule has 1 heterocycles. The van der Waals surface area contributed by atoms with Crippen LogP contribution in [0.3, 0.4) is 0 Å². The zero-order chi connectivity index (χ0) is 19.9. The predicted molar refractivity (Wildman–Crippen MR) is 111 cm³/mol. The van der Waals surface area contributed by atoms with Crippen LogP contribution in [0.1, 0.15) is 30.3 Å². The monoisotopic (exact) mass is 415 g/mol. The first-order valence-electron chi connectivity index (χ1n) is 8.67. The Bertz CT molecular complexity index is 988. The summed E-state index contributed by atoms with van der Waals surface area (Å²) in [6.07, 6.45) is 3.23. The van der Waals surface area contributed by atoms with Crippen molar-refractivity contribution < 1.29 is 4.92 Å². The Balaban J connectivity index is 1.82. The number of thioether (sulfide) groups is 1. The third-order valence-electron chi connectivity index (χ3n) is 3.83. The van der Waals surface area contributed by atoms with E-state index in [9.17, 15) is 10.1 Å². The first kappa shape index (κ1) is 20.0. The van der Waals surface area contributed by atoms with Crippen LogP contribution in [0.25, 0.3) is 0 Å². The van der Waals surface area contributed by atoms with Crippen molar-refractivity contribution in [1.29, 1.82) is 0 Å². The number of nitro benzene ring substituents is 1. The number of rotatable bonds is 8. The molecule has 0 bridgehead atoms. The Morgan fingerprint density at radius 1 is 1.25 bits per heavy atom. The van der Waals surface area contributed by atoms with E-state index in [1.165, 1.54) is 23.9 Å². The fourth-order valence-electron chi connectivity index (χ4n) is 2.45. The van der Waals surface area contributed by atoms with E-state index in [1.54, 1.807) is 23.0 Å². The normalized spacial score (nSPS) is 11.2. The molecule has 0 aliphatic carbocycles. The van der Waals surface area contributed by atoms with Crippen molar-refractivity contribution in [1.82, 2.24) is 14.9 Å². The van der Waals surface area contributed by atoms with Crippen molar-refractivity contribution >= 4 is 35.3 Å². The zero-order valence-corrected chi connectivity index (χ0v) is 16.7. The minimum absolute atomic E-state index is 0.0267. The molecule has 144 valence electrons. The number of aromatic nitrogens is 3. The van der Waals surface area contributed by atoms with Crippen molar-refractivity contribution in [2.24, 2.45) is 5.10 Å². The van der Waals surface area contributed by atoms with Gasteiger partial charge in [0.15, 0.2) is 5.82 Å². The number of aryl methyl sites for hydroxylation is 1. The fraction of sp³-hybridized carbons (Fsp3) is 0.211. The number of hydrogen-bond acceptors (Lipinski definition) is 6. The molecule has 0 aliphatic heterocycles. The van der Waals surface area contributed by atoms with E-state index in [0.717, 1.165) is 24.2 Å². The van der Waals surface area contributed by atoms with Gasteiger partial charge in [0, 0.05) is 34.9 Å². The Hall–Kier alpha value is -2.71. The van der Waals surface area contributed by atoms with Gasteiger partial charge in [-0.3, -0.25) is 10.1 Å². The maximum atomic E-state index is 10.9. The molecule has 0 unspecified atom stereocenters. The van der Waals surface area contributed by atoms with Gasteiger partial charge < -0.3 is 0 Å². The SMILES string of the molecule is CCCc1nnc(SCc2ccc(Cl)cc2)n1/N=C/c1cccc([N+](=O)[O-])c1. The number of nitro groups is 1. The minimum atomic E-state index is -0.425. The second-order valence-electron chi connectivity index (χ2n) is 5.97. The number of benzene rings is 2. The van der Waals surface area contributed by atoms with Crippen LogP contribution in [0.4, 0.5) is 5.69 Å². The average Bonchev–Trinajstić information content (AvgIpc) is 3.08. The maximum absolute atomic E-state index is 10.9. The molecule has 9 heteroatoms. The summed E-state index contributed by atoms with van der Waals surface area (Å²) in [7, 11) is 0. The fourth-order valence-corrected chi connectivity index (χ4v) is 3.44. The first-order chi connectivity index (χ1) is 13.6. The van der Waals surface area contributed by atoms with Crippen molar-refractivity contribution in [3.05, 3.63) is 80.6 Å². The van der Waals surface area contributed by atoms with E-state index in [2.05, 4.69) is 22.2 Å². The highest BCUT2D eigenvalue weighted by Crippen LogP contribution is 2.23. The standard InChI is InChI=1S/C19H18ClN5O2S/c1-2-4-18-22-23-19(28-13-14-7-9-16(20)10-8-14)24(18)21-12-15-5-3-6-17(11-15)25(26)27/h3,5-12H,2,4,13H2,1H3/b21-12+. The summed E-state index contributed by atoms with van der Waals surface area (Å²) in [6.45, 7) is 2.06. The third kappa shape index (κ3) is 5.17. The van der Waals surface area contributed by atoms with E-state index in [4.69, 9.17) is 11.6 Å². The molecule has 0 saturated heterocycles. The lowest BCUT2D eigenvalue weighted by atomic mass is 10.2. The molecule has 3 aromatic rings. The molecule has 0 spiro atoms. The van der Waals surface area contributed by atoms with Crippen LogP contribution in [0.2, 0.25) is 5.02 Å². The third-order valence-corrected chi connectivity index (χ3v) is 5.08. The lowest BCUT2D eigenvalue weighted by molar-refractivity contribution is -0.384. The Morgan fingerprint density at radius 3 is 2.75 bits per heavy atom. The molecule has 0 N–H and O–H groups in total. The highest BCUT2D eigenvalue weighted by atomic mass is 35.5. The molecule has 0 aliphatic rings. The van der Waals surface area contributed by atoms with Crippen LogP contribution in [0.5, 0.6) is 0 Å². The molecule has 0 saturated carbocycles. The van der Waals surface area contributed by atoms with Gasteiger partial charge in [-0.05, 0) is 24.1 Å². The molecule has 0 radical (unpaired) electrons.